The second-order valence-electron chi connectivity index (χ2n) is 5.87. The smallest absolute Gasteiger partial charge is 0.282 e. The van der Waals surface area contributed by atoms with E-state index in [4.69, 9.17) is 5.73 Å². The molecule has 7 nitrogen and oxygen atoms in total. The number of amides is 3. The minimum atomic E-state index is -0.537. The van der Waals surface area contributed by atoms with Crippen molar-refractivity contribution in [1.29, 1.82) is 0 Å². The molecule has 0 radical (unpaired) electrons. The number of hydrogen-bond acceptors (Lipinski definition) is 5. The summed E-state index contributed by atoms with van der Waals surface area (Å²) >= 11 is 1.22. The van der Waals surface area contributed by atoms with Gasteiger partial charge in [0.15, 0.2) is 0 Å². The summed E-state index contributed by atoms with van der Waals surface area (Å²) in [5.74, 6) is -0.0972. The molecular weight excluding hydrogens is 328 g/mol. The molecule has 2 heterocycles. The van der Waals surface area contributed by atoms with Crippen LogP contribution in [0.5, 0.6) is 0 Å². The zero-order valence-corrected chi connectivity index (χ0v) is 14.1. The number of primary amides is 1. The van der Waals surface area contributed by atoms with Crippen LogP contribution >= 0.6 is 11.8 Å². The van der Waals surface area contributed by atoms with E-state index in [1.807, 2.05) is 6.07 Å². The van der Waals surface area contributed by atoms with Gasteiger partial charge in [-0.15, -0.1) is 0 Å². The summed E-state index contributed by atoms with van der Waals surface area (Å²) in [4.78, 5) is 39.1. The van der Waals surface area contributed by atoms with E-state index in [2.05, 4.69) is 10.2 Å². The maximum absolute atomic E-state index is 12.3. The van der Waals surface area contributed by atoms with Gasteiger partial charge in [-0.1, -0.05) is 11.8 Å². The Morgan fingerprint density at radius 3 is 2.58 bits per heavy atom. The van der Waals surface area contributed by atoms with Crippen LogP contribution in [-0.2, 0) is 4.79 Å². The molecule has 3 rings (SSSR count). The van der Waals surface area contributed by atoms with Crippen LogP contribution in [-0.4, -0.2) is 53.9 Å². The summed E-state index contributed by atoms with van der Waals surface area (Å²) in [6.45, 7) is 2.43. The summed E-state index contributed by atoms with van der Waals surface area (Å²) < 4.78 is 0. The summed E-state index contributed by atoms with van der Waals surface area (Å²) in [5, 5.41) is 2.77. The summed E-state index contributed by atoms with van der Waals surface area (Å²) in [6, 6.07) is 5.10. The first-order valence-corrected chi connectivity index (χ1v) is 8.93. The Kier molecular flexibility index (Phi) is 4.94. The highest BCUT2D eigenvalue weighted by Gasteiger charge is 2.24. The van der Waals surface area contributed by atoms with Crippen LogP contribution in [0.25, 0.3) is 0 Å². The number of hydrogen-bond donors (Lipinski definition) is 2. The molecule has 2 saturated heterocycles. The van der Waals surface area contributed by atoms with E-state index in [1.165, 1.54) is 16.7 Å². The van der Waals surface area contributed by atoms with Gasteiger partial charge in [0, 0.05) is 31.0 Å². The van der Waals surface area contributed by atoms with Crippen molar-refractivity contribution >= 4 is 40.2 Å². The number of benzene rings is 1. The Balaban J connectivity index is 1.78. The lowest BCUT2D eigenvalue weighted by Gasteiger charge is -2.23. The highest BCUT2D eigenvalue weighted by Crippen LogP contribution is 2.30. The maximum atomic E-state index is 12.3. The minimum Gasteiger partial charge on any atom is -0.370 e. The Morgan fingerprint density at radius 1 is 1.21 bits per heavy atom. The van der Waals surface area contributed by atoms with Crippen LogP contribution < -0.4 is 16.0 Å². The molecule has 1 aromatic carbocycles. The van der Waals surface area contributed by atoms with Gasteiger partial charge in [-0.3, -0.25) is 14.4 Å². The molecule has 3 amide bonds. The van der Waals surface area contributed by atoms with Crippen LogP contribution in [0.4, 0.5) is 16.2 Å². The minimum absolute atomic E-state index is 0.0199. The van der Waals surface area contributed by atoms with E-state index < -0.39 is 5.91 Å². The first-order valence-electron chi connectivity index (χ1n) is 7.95. The Morgan fingerprint density at radius 2 is 1.96 bits per heavy atom. The van der Waals surface area contributed by atoms with Gasteiger partial charge < -0.3 is 20.9 Å². The van der Waals surface area contributed by atoms with Gasteiger partial charge in [0.05, 0.1) is 11.4 Å². The van der Waals surface area contributed by atoms with Crippen LogP contribution in [0, 0.1) is 0 Å². The number of anilines is 2. The normalized spacial score (nSPS) is 17.4. The molecule has 8 heteroatoms. The molecule has 0 saturated carbocycles. The largest absolute Gasteiger partial charge is 0.370 e. The topological polar surface area (TPSA) is 95.7 Å². The molecule has 0 unspecified atom stereocenters. The molecule has 0 atom stereocenters. The average molecular weight is 348 g/mol. The van der Waals surface area contributed by atoms with Crippen LogP contribution in [0.15, 0.2) is 18.2 Å². The van der Waals surface area contributed by atoms with Crippen LogP contribution in [0.2, 0.25) is 0 Å². The Bertz CT molecular complexity index is 673. The van der Waals surface area contributed by atoms with Crippen molar-refractivity contribution in [3.05, 3.63) is 23.8 Å². The number of carbonyl (C=O) groups excluding carboxylic acids is 3. The molecular formula is C16H20N4O3S. The van der Waals surface area contributed by atoms with E-state index >= 15 is 0 Å². The first kappa shape index (κ1) is 16.6. The second-order valence-corrected chi connectivity index (χ2v) is 6.92. The van der Waals surface area contributed by atoms with Gasteiger partial charge in [0.2, 0.25) is 11.8 Å². The zero-order chi connectivity index (χ0) is 17.1. The second kappa shape index (κ2) is 7.12. The van der Waals surface area contributed by atoms with Crippen molar-refractivity contribution in [1.82, 2.24) is 4.90 Å². The lowest BCUT2D eigenvalue weighted by Crippen LogP contribution is -2.33. The van der Waals surface area contributed by atoms with E-state index in [1.54, 1.807) is 12.1 Å². The fourth-order valence-corrected chi connectivity index (χ4v) is 3.78. The highest BCUT2D eigenvalue weighted by molar-refractivity contribution is 8.13. The number of carbonyl (C=O) groups is 3. The zero-order valence-electron chi connectivity index (χ0n) is 13.3. The Labute approximate surface area is 144 Å². The third-order valence-corrected chi connectivity index (χ3v) is 5.07. The van der Waals surface area contributed by atoms with E-state index in [0.717, 1.165) is 31.6 Å². The van der Waals surface area contributed by atoms with Crippen molar-refractivity contribution in [2.24, 2.45) is 5.73 Å². The van der Waals surface area contributed by atoms with Crippen molar-refractivity contribution in [2.75, 3.05) is 42.1 Å². The quantitative estimate of drug-likeness (QED) is 0.840. The molecule has 0 spiro atoms. The van der Waals surface area contributed by atoms with Gasteiger partial charge in [-0.25, -0.2) is 0 Å². The number of nitrogens with zero attached hydrogens (tertiary/aromatic N) is 2. The molecule has 0 aliphatic carbocycles. The number of nitrogens with one attached hydrogen (secondary N) is 1. The van der Waals surface area contributed by atoms with Gasteiger partial charge in [0.1, 0.15) is 6.54 Å². The Hall–Kier alpha value is -2.22. The molecule has 0 bridgehead atoms. The number of rotatable bonds is 5. The number of nitrogens with two attached hydrogens (primary N) is 1. The van der Waals surface area contributed by atoms with Gasteiger partial charge in [0.25, 0.3) is 5.24 Å². The first-order chi connectivity index (χ1) is 11.5. The molecule has 2 aliphatic heterocycles. The third-order valence-electron chi connectivity index (χ3n) is 4.18. The van der Waals surface area contributed by atoms with Crippen LogP contribution in [0.3, 0.4) is 0 Å². The van der Waals surface area contributed by atoms with Gasteiger partial charge in [-0.2, -0.15) is 0 Å². The lowest BCUT2D eigenvalue weighted by atomic mass is 10.1. The molecule has 3 N–H and O–H groups in total. The molecule has 128 valence electrons. The monoisotopic (exact) mass is 348 g/mol. The maximum Gasteiger partial charge on any atom is 0.282 e. The van der Waals surface area contributed by atoms with Crippen LogP contribution in [0.1, 0.15) is 23.2 Å². The lowest BCUT2D eigenvalue weighted by molar-refractivity contribution is -0.116. The number of thioether (sulfide) groups is 1. The van der Waals surface area contributed by atoms with E-state index in [0.29, 0.717) is 23.5 Å². The average Bonchev–Trinajstić information content (AvgIpc) is 3.20. The molecule has 2 fully saturated rings. The van der Waals surface area contributed by atoms with Crippen molar-refractivity contribution in [2.45, 2.75) is 12.8 Å². The summed E-state index contributed by atoms with van der Waals surface area (Å²) in [5.41, 5.74) is 7.14. The van der Waals surface area contributed by atoms with Crippen molar-refractivity contribution in [3.63, 3.8) is 0 Å². The van der Waals surface area contributed by atoms with Gasteiger partial charge >= 0.3 is 0 Å². The van der Waals surface area contributed by atoms with Crippen molar-refractivity contribution < 1.29 is 14.4 Å². The molecule has 0 aromatic heterocycles. The van der Waals surface area contributed by atoms with E-state index in [9.17, 15) is 14.4 Å². The summed E-state index contributed by atoms with van der Waals surface area (Å²) in [7, 11) is 0. The van der Waals surface area contributed by atoms with E-state index in [-0.39, 0.29) is 17.7 Å². The standard InChI is InChI=1S/C16H20N4O3S/c17-15(22)11-3-4-13(19-5-1-2-6-19)12(9-11)18-14(21)10-20-7-8-24-16(20)23/h3-4,9H,1-2,5-8,10H2,(H2,17,22)(H,18,21). The van der Waals surface area contributed by atoms with Gasteiger partial charge in [-0.05, 0) is 31.0 Å². The molecule has 24 heavy (non-hydrogen) atoms. The predicted octanol–water partition coefficient (Wildman–Crippen LogP) is 1.49. The fraction of sp³-hybridized carbons (Fsp3) is 0.438. The van der Waals surface area contributed by atoms with Crippen molar-refractivity contribution in [3.8, 4) is 0 Å². The predicted molar refractivity (Wildman–Crippen MR) is 94.5 cm³/mol. The molecule has 1 aromatic rings. The highest BCUT2D eigenvalue weighted by atomic mass is 32.2. The summed E-state index contributed by atoms with van der Waals surface area (Å²) in [6.07, 6.45) is 2.20. The SMILES string of the molecule is NC(=O)c1ccc(N2CCCC2)c(NC(=O)CN2CCSC2=O)c1. The fourth-order valence-electron chi connectivity index (χ4n) is 2.96. The molecule has 2 aliphatic rings. The third kappa shape index (κ3) is 3.64.